The van der Waals surface area contributed by atoms with Crippen molar-refractivity contribution in [2.75, 3.05) is 0 Å². The molecular formula is C22H20N2O3. The second kappa shape index (κ2) is 9.31. The van der Waals surface area contributed by atoms with Crippen LogP contribution in [0.1, 0.15) is 11.1 Å². The van der Waals surface area contributed by atoms with Crippen molar-refractivity contribution in [3.63, 3.8) is 0 Å². The molecule has 5 nitrogen and oxygen atoms in total. The smallest absolute Gasteiger partial charge is 0.287 e. The summed E-state index contributed by atoms with van der Waals surface area (Å²) in [5.74, 6) is 0. The summed E-state index contributed by atoms with van der Waals surface area (Å²) in [6.07, 6.45) is 2.23. The molecule has 0 saturated carbocycles. The van der Waals surface area contributed by atoms with Crippen LogP contribution in [0.3, 0.4) is 0 Å². The zero-order valence-electron chi connectivity index (χ0n) is 14.8. The van der Waals surface area contributed by atoms with Gasteiger partial charge in [0.2, 0.25) is 6.33 Å². The Morgan fingerprint density at radius 3 is 2.04 bits per heavy atom. The molecule has 4 aromatic rings. The first-order chi connectivity index (χ1) is 13.3. The van der Waals surface area contributed by atoms with E-state index < -0.39 is 0 Å². The van der Waals surface area contributed by atoms with Gasteiger partial charge in [-0.05, 0) is 23.3 Å². The molecule has 0 radical (unpaired) electrons. The highest BCUT2D eigenvalue weighted by Gasteiger charge is 2.15. The number of hydrogen-bond acceptors (Lipinski definition) is 3. The van der Waals surface area contributed by atoms with Crippen LogP contribution in [0.2, 0.25) is 0 Å². The fourth-order valence-electron chi connectivity index (χ4n) is 3.05. The van der Waals surface area contributed by atoms with Gasteiger partial charge in [-0.3, -0.25) is 4.79 Å². The van der Waals surface area contributed by atoms with Gasteiger partial charge < -0.3 is 10.1 Å². The monoisotopic (exact) mass is 360 g/mol. The maximum absolute atomic E-state index is 8.64. The van der Waals surface area contributed by atoms with E-state index in [1.165, 1.54) is 22.2 Å². The molecule has 0 aliphatic heterocycles. The second-order valence-electron chi connectivity index (χ2n) is 6.02. The zero-order chi connectivity index (χ0) is 18.9. The molecule has 27 heavy (non-hydrogen) atoms. The number of imidazole rings is 1. The number of rotatable bonds is 5. The predicted octanol–water partition coefficient (Wildman–Crippen LogP) is 2.46. The lowest BCUT2D eigenvalue weighted by Crippen LogP contribution is -2.32. The van der Waals surface area contributed by atoms with Crippen molar-refractivity contribution < 1.29 is 19.5 Å². The first-order valence-corrected chi connectivity index (χ1v) is 8.59. The first-order valence-electron chi connectivity index (χ1n) is 8.59. The summed E-state index contributed by atoms with van der Waals surface area (Å²) in [5.41, 5.74) is 5.18. The molecule has 0 aliphatic carbocycles. The Labute approximate surface area is 157 Å². The maximum atomic E-state index is 8.64. The van der Waals surface area contributed by atoms with Gasteiger partial charge in [0.25, 0.3) is 6.47 Å². The van der Waals surface area contributed by atoms with Gasteiger partial charge in [0.1, 0.15) is 13.1 Å². The number of para-hydroxylation sites is 2. The van der Waals surface area contributed by atoms with E-state index in [1.807, 2.05) is 0 Å². The minimum Gasteiger partial charge on any atom is -0.662 e. The van der Waals surface area contributed by atoms with Crippen LogP contribution >= 0.6 is 0 Å². The molecule has 3 aromatic carbocycles. The molecule has 0 bridgehead atoms. The predicted molar refractivity (Wildman–Crippen MR) is 100 cm³/mol. The molecule has 4 rings (SSSR count). The van der Waals surface area contributed by atoms with Gasteiger partial charge in [-0.15, -0.1) is 0 Å². The van der Waals surface area contributed by atoms with Crippen molar-refractivity contribution in [3.05, 3.63) is 102 Å². The lowest BCUT2D eigenvalue weighted by Gasteiger charge is -1.98. The summed E-state index contributed by atoms with van der Waals surface area (Å²) < 4.78 is 4.65. The quantitative estimate of drug-likeness (QED) is 0.238. The lowest BCUT2D eigenvalue weighted by molar-refractivity contribution is -0.663. The fourth-order valence-corrected chi connectivity index (χ4v) is 3.05. The van der Waals surface area contributed by atoms with Crippen LogP contribution in [0.25, 0.3) is 11.0 Å². The molecule has 0 N–H and O–H groups in total. The van der Waals surface area contributed by atoms with E-state index >= 15 is 0 Å². The van der Waals surface area contributed by atoms with Crippen LogP contribution in [0.4, 0.5) is 0 Å². The average molecular weight is 360 g/mol. The van der Waals surface area contributed by atoms with Gasteiger partial charge in [-0.2, -0.15) is 0 Å². The van der Waals surface area contributed by atoms with Crippen LogP contribution in [0, 0.1) is 0 Å². The summed E-state index contributed by atoms with van der Waals surface area (Å²) in [4.78, 5) is 11.2. The van der Waals surface area contributed by atoms with Crippen molar-refractivity contribution in [2.45, 2.75) is 13.1 Å². The Morgan fingerprint density at radius 1 is 0.852 bits per heavy atom. The van der Waals surface area contributed by atoms with E-state index in [0.29, 0.717) is 0 Å². The molecule has 1 heterocycles. The molecule has 0 saturated heterocycles. The molecule has 0 fully saturated rings. The van der Waals surface area contributed by atoms with Gasteiger partial charge in [-0.25, -0.2) is 9.13 Å². The summed E-state index contributed by atoms with van der Waals surface area (Å²) >= 11 is 0. The molecule has 136 valence electrons. The Hall–Kier alpha value is -3.44. The van der Waals surface area contributed by atoms with Crippen molar-refractivity contribution in [2.24, 2.45) is 0 Å². The SMILES string of the molecule is O=CO[O-].c1ccc(Cn2c[n+](Cc3ccccc3)c3ccccc32)cc1. The van der Waals surface area contributed by atoms with Gasteiger partial charge in [0.15, 0.2) is 11.0 Å². The van der Waals surface area contributed by atoms with Crippen LogP contribution in [0.15, 0.2) is 91.3 Å². The van der Waals surface area contributed by atoms with Gasteiger partial charge in [0.05, 0.1) is 0 Å². The van der Waals surface area contributed by atoms with Crippen molar-refractivity contribution in [3.8, 4) is 0 Å². The number of fused-ring (bicyclic) bond motifs is 1. The summed E-state index contributed by atoms with van der Waals surface area (Å²) in [7, 11) is 0. The van der Waals surface area contributed by atoms with Gasteiger partial charge in [-0.1, -0.05) is 72.8 Å². The van der Waals surface area contributed by atoms with E-state index in [1.54, 1.807) is 0 Å². The van der Waals surface area contributed by atoms with E-state index in [4.69, 9.17) is 10.1 Å². The van der Waals surface area contributed by atoms with Crippen LogP contribution in [-0.2, 0) is 22.8 Å². The van der Waals surface area contributed by atoms with Crippen LogP contribution in [0.5, 0.6) is 0 Å². The molecule has 0 spiro atoms. The molecular weight excluding hydrogens is 340 g/mol. The summed E-state index contributed by atoms with van der Waals surface area (Å²) in [5, 5.41) is 8.43. The van der Waals surface area contributed by atoms with Crippen molar-refractivity contribution in [1.82, 2.24) is 4.57 Å². The molecule has 0 amide bonds. The minimum absolute atomic E-state index is 0.181. The lowest BCUT2D eigenvalue weighted by atomic mass is 10.2. The normalized spacial score (nSPS) is 10.1. The van der Waals surface area contributed by atoms with E-state index in [2.05, 4.69) is 105 Å². The Kier molecular flexibility index (Phi) is 6.33. The largest absolute Gasteiger partial charge is 0.662 e. The highest BCUT2D eigenvalue weighted by molar-refractivity contribution is 5.71. The number of hydrogen-bond donors (Lipinski definition) is 0. The number of aromatic nitrogens is 2. The van der Waals surface area contributed by atoms with Crippen LogP contribution in [-0.4, -0.2) is 11.0 Å². The third-order valence-electron chi connectivity index (χ3n) is 4.21. The highest BCUT2D eigenvalue weighted by Crippen LogP contribution is 2.14. The van der Waals surface area contributed by atoms with E-state index in [9.17, 15) is 0 Å². The van der Waals surface area contributed by atoms with Crippen LogP contribution < -0.4 is 9.82 Å². The molecule has 0 aliphatic rings. The average Bonchev–Trinajstić information content (AvgIpc) is 3.07. The third-order valence-corrected chi connectivity index (χ3v) is 4.21. The Bertz CT molecular complexity index is 907. The van der Waals surface area contributed by atoms with Gasteiger partial charge >= 0.3 is 0 Å². The summed E-state index contributed by atoms with van der Waals surface area (Å²) in [6, 6.07) is 29.8. The van der Waals surface area contributed by atoms with Crippen molar-refractivity contribution >= 4 is 17.5 Å². The first kappa shape index (κ1) is 18.4. The second-order valence-corrected chi connectivity index (χ2v) is 6.02. The van der Waals surface area contributed by atoms with Gasteiger partial charge in [0, 0.05) is 0 Å². The highest BCUT2D eigenvalue weighted by atomic mass is 17.1. The number of nitrogens with zero attached hydrogens (tertiary/aromatic N) is 2. The topological polar surface area (TPSA) is 58.2 Å². The fraction of sp³-hybridized carbons (Fsp3) is 0.0909. The molecule has 5 heteroatoms. The third kappa shape index (κ3) is 4.80. The standard InChI is InChI=1S/C21H19N2.CH2O3/c1-3-9-18(10-4-1)15-22-17-23(16-19-11-5-2-6-12-19)21-14-8-7-13-20(21)22;2-1-4-3/h1-14,17H,15-16H2;1,3H/q+1;/p-1. The molecule has 1 aromatic heterocycles. The number of carbonyl (C=O) groups excluding carboxylic acids is 1. The maximum Gasteiger partial charge on any atom is 0.287 e. The Balaban J connectivity index is 0.000000481. The van der Waals surface area contributed by atoms with E-state index in [-0.39, 0.29) is 6.47 Å². The molecule has 0 unspecified atom stereocenters. The number of benzene rings is 3. The zero-order valence-corrected chi connectivity index (χ0v) is 14.8. The van der Waals surface area contributed by atoms with E-state index in [0.717, 1.165) is 13.1 Å². The minimum atomic E-state index is -0.181. The Morgan fingerprint density at radius 2 is 1.41 bits per heavy atom. The molecule has 0 atom stereocenters. The summed E-state index contributed by atoms with van der Waals surface area (Å²) in [6.45, 7) is 1.60. The van der Waals surface area contributed by atoms with Crippen molar-refractivity contribution in [1.29, 1.82) is 0 Å². The number of carbonyl (C=O) groups is 1.